The van der Waals surface area contributed by atoms with Crippen molar-refractivity contribution in [2.75, 3.05) is 0 Å². The van der Waals surface area contributed by atoms with E-state index in [0.717, 1.165) is 16.9 Å². The van der Waals surface area contributed by atoms with Crippen LogP contribution >= 0.6 is 0 Å². The first-order chi connectivity index (χ1) is 9.38. The minimum atomic E-state index is 0.168. The summed E-state index contributed by atoms with van der Waals surface area (Å²) in [4.78, 5) is 0. The summed E-state index contributed by atoms with van der Waals surface area (Å²) in [6.07, 6.45) is 0. The van der Waals surface area contributed by atoms with Crippen molar-refractivity contribution in [1.82, 2.24) is 0 Å². The molecule has 0 radical (unpaired) electrons. The largest absolute Gasteiger partial charge is 0.508 e. The first-order valence-electron chi connectivity index (χ1n) is 6.89. The average molecular weight is 270 g/mol. The average Bonchev–Trinajstić information content (AvgIpc) is 2.40. The summed E-state index contributed by atoms with van der Waals surface area (Å²) >= 11 is 0. The maximum absolute atomic E-state index is 9.64. The van der Waals surface area contributed by atoms with E-state index in [4.69, 9.17) is 4.74 Å². The Bertz CT molecular complexity index is 577. The molecule has 0 bridgehead atoms. The summed E-state index contributed by atoms with van der Waals surface area (Å²) in [6, 6.07) is 13.8. The highest BCUT2D eigenvalue weighted by atomic mass is 16.5. The number of rotatable bonds is 3. The SMILES string of the molecule is Cc1c(O)cccc1OCc1ccc(C(C)(C)C)cc1. The number of benzene rings is 2. The van der Waals surface area contributed by atoms with Gasteiger partial charge in [0.15, 0.2) is 0 Å². The summed E-state index contributed by atoms with van der Waals surface area (Å²) < 4.78 is 5.77. The molecule has 0 aromatic heterocycles. The number of phenolic OH excluding ortho intramolecular Hbond substituents is 1. The van der Waals surface area contributed by atoms with Crippen LogP contribution in [0.1, 0.15) is 37.5 Å². The molecule has 1 N–H and O–H groups in total. The van der Waals surface area contributed by atoms with Gasteiger partial charge in [-0.15, -0.1) is 0 Å². The van der Waals surface area contributed by atoms with E-state index >= 15 is 0 Å². The van der Waals surface area contributed by atoms with Crippen molar-refractivity contribution in [3.63, 3.8) is 0 Å². The van der Waals surface area contributed by atoms with Gasteiger partial charge < -0.3 is 9.84 Å². The lowest BCUT2D eigenvalue weighted by Crippen LogP contribution is -2.10. The molecule has 0 unspecified atom stereocenters. The zero-order valence-electron chi connectivity index (χ0n) is 12.6. The van der Waals surface area contributed by atoms with Crippen molar-refractivity contribution in [2.45, 2.75) is 39.7 Å². The summed E-state index contributed by atoms with van der Waals surface area (Å²) in [5, 5.41) is 9.64. The fraction of sp³-hybridized carbons (Fsp3) is 0.333. The van der Waals surface area contributed by atoms with Crippen molar-refractivity contribution >= 4 is 0 Å². The molecule has 0 fully saturated rings. The normalized spacial score (nSPS) is 11.4. The Morgan fingerprint density at radius 3 is 2.25 bits per heavy atom. The van der Waals surface area contributed by atoms with Gasteiger partial charge in [-0.25, -0.2) is 0 Å². The van der Waals surface area contributed by atoms with Crippen LogP contribution in [0.3, 0.4) is 0 Å². The molecule has 0 aliphatic rings. The number of ether oxygens (including phenoxy) is 1. The molecule has 0 atom stereocenters. The Balaban J connectivity index is 2.06. The molecule has 2 heteroatoms. The van der Waals surface area contributed by atoms with Gasteiger partial charge in [-0.1, -0.05) is 51.1 Å². The van der Waals surface area contributed by atoms with E-state index in [1.54, 1.807) is 12.1 Å². The third kappa shape index (κ3) is 3.32. The Morgan fingerprint density at radius 2 is 1.65 bits per heavy atom. The molecule has 0 aliphatic heterocycles. The molecule has 0 saturated heterocycles. The molecule has 2 aromatic rings. The minimum absolute atomic E-state index is 0.168. The van der Waals surface area contributed by atoms with E-state index in [2.05, 4.69) is 45.0 Å². The van der Waals surface area contributed by atoms with Gasteiger partial charge in [0.2, 0.25) is 0 Å². The van der Waals surface area contributed by atoms with Crippen LogP contribution in [0, 0.1) is 6.92 Å². The maximum atomic E-state index is 9.64. The van der Waals surface area contributed by atoms with E-state index in [0.29, 0.717) is 6.61 Å². The second-order valence-electron chi connectivity index (χ2n) is 6.14. The zero-order chi connectivity index (χ0) is 14.8. The van der Waals surface area contributed by atoms with Gasteiger partial charge in [0.25, 0.3) is 0 Å². The van der Waals surface area contributed by atoms with Gasteiger partial charge in [-0.3, -0.25) is 0 Å². The Labute approximate surface area is 121 Å². The molecular weight excluding hydrogens is 248 g/mol. The topological polar surface area (TPSA) is 29.5 Å². The predicted octanol–water partition coefficient (Wildman–Crippen LogP) is 4.58. The first-order valence-corrected chi connectivity index (χ1v) is 6.89. The minimum Gasteiger partial charge on any atom is -0.508 e. The van der Waals surface area contributed by atoms with Crippen LogP contribution in [0.15, 0.2) is 42.5 Å². The number of aromatic hydroxyl groups is 1. The number of phenols is 1. The molecule has 2 nitrogen and oxygen atoms in total. The predicted molar refractivity (Wildman–Crippen MR) is 82.3 cm³/mol. The van der Waals surface area contributed by atoms with Gasteiger partial charge in [0.1, 0.15) is 18.1 Å². The Hall–Kier alpha value is -1.96. The second-order valence-corrected chi connectivity index (χ2v) is 6.14. The van der Waals surface area contributed by atoms with Gasteiger partial charge in [0.05, 0.1) is 0 Å². The highest BCUT2D eigenvalue weighted by molar-refractivity contribution is 5.42. The van der Waals surface area contributed by atoms with E-state index in [-0.39, 0.29) is 11.2 Å². The van der Waals surface area contributed by atoms with E-state index in [1.807, 2.05) is 13.0 Å². The maximum Gasteiger partial charge on any atom is 0.126 e. The summed E-state index contributed by atoms with van der Waals surface area (Å²) in [5.41, 5.74) is 3.38. The summed E-state index contributed by atoms with van der Waals surface area (Å²) in [6.45, 7) is 8.97. The lowest BCUT2D eigenvalue weighted by atomic mass is 9.87. The van der Waals surface area contributed by atoms with Crippen LogP contribution < -0.4 is 4.74 Å². The van der Waals surface area contributed by atoms with Crippen LogP contribution in [0.4, 0.5) is 0 Å². The monoisotopic (exact) mass is 270 g/mol. The highest BCUT2D eigenvalue weighted by Gasteiger charge is 2.12. The molecular formula is C18H22O2. The molecule has 20 heavy (non-hydrogen) atoms. The van der Waals surface area contributed by atoms with Crippen LogP contribution in [0.5, 0.6) is 11.5 Å². The third-order valence-corrected chi connectivity index (χ3v) is 3.47. The van der Waals surface area contributed by atoms with Crippen molar-refractivity contribution < 1.29 is 9.84 Å². The Morgan fingerprint density at radius 1 is 1.00 bits per heavy atom. The van der Waals surface area contributed by atoms with E-state index in [1.165, 1.54) is 5.56 Å². The number of hydrogen-bond donors (Lipinski definition) is 1. The zero-order valence-corrected chi connectivity index (χ0v) is 12.6. The van der Waals surface area contributed by atoms with Crippen molar-refractivity contribution in [2.24, 2.45) is 0 Å². The molecule has 0 spiro atoms. The van der Waals surface area contributed by atoms with Crippen molar-refractivity contribution in [3.8, 4) is 11.5 Å². The number of hydrogen-bond acceptors (Lipinski definition) is 2. The summed E-state index contributed by atoms with van der Waals surface area (Å²) in [7, 11) is 0. The van der Waals surface area contributed by atoms with Crippen molar-refractivity contribution in [1.29, 1.82) is 0 Å². The van der Waals surface area contributed by atoms with E-state index < -0.39 is 0 Å². The molecule has 2 rings (SSSR count). The summed E-state index contributed by atoms with van der Waals surface area (Å²) in [5.74, 6) is 0.996. The quantitative estimate of drug-likeness (QED) is 0.884. The van der Waals surface area contributed by atoms with Gasteiger partial charge >= 0.3 is 0 Å². The van der Waals surface area contributed by atoms with Crippen molar-refractivity contribution in [3.05, 3.63) is 59.2 Å². The van der Waals surface area contributed by atoms with Gasteiger partial charge in [-0.05, 0) is 35.6 Å². The fourth-order valence-corrected chi connectivity index (χ4v) is 2.02. The fourth-order valence-electron chi connectivity index (χ4n) is 2.02. The lowest BCUT2D eigenvalue weighted by molar-refractivity contribution is 0.301. The third-order valence-electron chi connectivity index (χ3n) is 3.47. The molecule has 0 aliphatic carbocycles. The smallest absolute Gasteiger partial charge is 0.126 e. The van der Waals surface area contributed by atoms with Crippen LogP contribution in [0.25, 0.3) is 0 Å². The first kappa shape index (κ1) is 14.4. The van der Waals surface area contributed by atoms with Gasteiger partial charge in [0, 0.05) is 5.56 Å². The molecule has 0 saturated carbocycles. The highest BCUT2D eigenvalue weighted by Crippen LogP contribution is 2.27. The Kier molecular flexibility index (Phi) is 4.03. The second kappa shape index (κ2) is 5.58. The van der Waals surface area contributed by atoms with Crippen LogP contribution in [-0.4, -0.2) is 5.11 Å². The molecule has 2 aromatic carbocycles. The molecule has 106 valence electrons. The molecule has 0 amide bonds. The lowest BCUT2D eigenvalue weighted by Gasteiger charge is -2.19. The molecule has 0 heterocycles. The van der Waals surface area contributed by atoms with E-state index in [9.17, 15) is 5.11 Å². The van der Waals surface area contributed by atoms with Gasteiger partial charge in [-0.2, -0.15) is 0 Å². The standard InChI is InChI=1S/C18H22O2/c1-13-16(19)6-5-7-17(13)20-12-14-8-10-15(11-9-14)18(2,3)4/h5-11,19H,12H2,1-4H3. The van der Waals surface area contributed by atoms with Crippen LogP contribution in [-0.2, 0) is 12.0 Å². The van der Waals surface area contributed by atoms with Crippen LogP contribution in [0.2, 0.25) is 0 Å².